The van der Waals surface area contributed by atoms with E-state index >= 15 is 0 Å². The van der Waals surface area contributed by atoms with Crippen molar-refractivity contribution in [2.24, 2.45) is 0 Å². The smallest absolute Gasteiger partial charge is 0.320 e. The minimum absolute atomic E-state index is 0.187. The number of hydrogen-bond acceptors (Lipinski definition) is 1. The van der Waals surface area contributed by atoms with E-state index in [9.17, 15) is 4.79 Å². The largest absolute Gasteiger partial charge is 0.323 e. The standard InChI is InChI=1S/C14H20N2O/c1-3-8-15-9-10-16(14(15)17)11-13-6-4-12(2)5-7-13/h4-7H,3,8-11H2,1-2H3. The molecule has 0 atom stereocenters. The molecule has 1 aromatic rings. The van der Waals surface area contributed by atoms with Crippen LogP contribution in [0, 0.1) is 6.92 Å². The maximum atomic E-state index is 12.0. The normalized spacial score (nSPS) is 15.8. The number of carbonyl (C=O) groups is 1. The van der Waals surface area contributed by atoms with Crippen molar-refractivity contribution < 1.29 is 4.79 Å². The lowest BCUT2D eigenvalue weighted by molar-refractivity contribution is 0.190. The lowest BCUT2D eigenvalue weighted by Crippen LogP contribution is -2.31. The molecule has 1 aromatic carbocycles. The lowest BCUT2D eigenvalue weighted by atomic mass is 10.1. The second-order valence-corrected chi connectivity index (χ2v) is 4.68. The molecule has 2 rings (SSSR count). The highest BCUT2D eigenvalue weighted by Gasteiger charge is 2.27. The molecule has 0 aromatic heterocycles. The van der Waals surface area contributed by atoms with Crippen LogP contribution in [0.2, 0.25) is 0 Å². The number of nitrogens with zero attached hydrogens (tertiary/aromatic N) is 2. The minimum atomic E-state index is 0.187. The van der Waals surface area contributed by atoms with Crippen molar-refractivity contribution >= 4 is 6.03 Å². The highest BCUT2D eigenvalue weighted by molar-refractivity contribution is 5.76. The zero-order chi connectivity index (χ0) is 12.3. The minimum Gasteiger partial charge on any atom is -0.323 e. The van der Waals surface area contributed by atoms with Crippen LogP contribution in [0.4, 0.5) is 4.79 Å². The Hall–Kier alpha value is -1.51. The van der Waals surface area contributed by atoms with Crippen molar-refractivity contribution in [3.8, 4) is 0 Å². The van der Waals surface area contributed by atoms with Gasteiger partial charge in [-0.1, -0.05) is 36.8 Å². The molecule has 1 heterocycles. The molecule has 1 aliphatic heterocycles. The predicted octanol–water partition coefficient (Wildman–Crippen LogP) is 2.64. The summed E-state index contributed by atoms with van der Waals surface area (Å²) >= 11 is 0. The highest BCUT2D eigenvalue weighted by atomic mass is 16.2. The van der Waals surface area contributed by atoms with Gasteiger partial charge in [0.2, 0.25) is 0 Å². The maximum Gasteiger partial charge on any atom is 0.320 e. The van der Waals surface area contributed by atoms with Gasteiger partial charge in [-0.3, -0.25) is 0 Å². The molecule has 3 nitrogen and oxygen atoms in total. The number of amides is 2. The quantitative estimate of drug-likeness (QED) is 0.783. The first-order chi connectivity index (χ1) is 8.20. The van der Waals surface area contributed by atoms with E-state index in [-0.39, 0.29) is 6.03 Å². The van der Waals surface area contributed by atoms with Crippen LogP contribution in [0.5, 0.6) is 0 Å². The van der Waals surface area contributed by atoms with Gasteiger partial charge < -0.3 is 9.80 Å². The lowest BCUT2D eigenvalue weighted by Gasteiger charge is -2.18. The van der Waals surface area contributed by atoms with E-state index in [1.165, 1.54) is 11.1 Å². The molecule has 2 amide bonds. The van der Waals surface area contributed by atoms with Crippen LogP contribution in [-0.2, 0) is 6.54 Å². The maximum absolute atomic E-state index is 12.0. The number of benzene rings is 1. The van der Waals surface area contributed by atoms with Crippen LogP contribution in [0.25, 0.3) is 0 Å². The van der Waals surface area contributed by atoms with Gasteiger partial charge in [0.1, 0.15) is 0 Å². The summed E-state index contributed by atoms with van der Waals surface area (Å²) in [5.74, 6) is 0. The zero-order valence-corrected chi connectivity index (χ0v) is 10.6. The Morgan fingerprint density at radius 2 is 1.76 bits per heavy atom. The third-order valence-corrected chi connectivity index (χ3v) is 3.17. The van der Waals surface area contributed by atoms with E-state index in [0.717, 1.165) is 32.6 Å². The highest BCUT2D eigenvalue weighted by Crippen LogP contribution is 2.14. The van der Waals surface area contributed by atoms with E-state index < -0.39 is 0 Å². The molecule has 1 aliphatic rings. The first-order valence-corrected chi connectivity index (χ1v) is 6.30. The van der Waals surface area contributed by atoms with E-state index in [0.29, 0.717) is 0 Å². The van der Waals surface area contributed by atoms with Gasteiger partial charge in [0.05, 0.1) is 0 Å². The molecule has 17 heavy (non-hydrogen) atoms. The Kier molecular flexibility index (Phi) is 3.67. The Morgan fingerprint density at radius 3 is 2.41 bits per heavy atom. The molecule has 3 heteroatoms. The van der Waals surface area contributed by atoms with Crippen molar-refractivity contribution in [2.45, 2.75) is 26.8 Å². The van der Waals surface area contributed by atoms with Crippen molar-refractivity contribution in [1.29, 1.82) is 0 Å². The molecule has 0 bridgehead atoms. The van der Waals surface area contributed by atoms with Crippen molar-refractivity contribution in [2.75, 3.05) is 19.6 Å². The number of rotatable bonds is 4. The summed E-state index contributed by atoms with van der Waals surface area (Å²) in [6, 6.07) is 8.59. The fourth-order valence-electron chi connectivity index (χ4n) is 2.17. The number of aryl methyl sites for hydroxylation is 1. The SMILES string of the molecule is CCCN1CCN(Cc2ccc(C)cc2)C1=O. The van der Waals surface area contributed by atoms with Gasteiger partial charge in [0.15, 0.2) is 0 Å². The van der Waals surface area contributed by atoms with Crippen LogP contribution in [0.15, 0.2) is 24.3 Å². The topological polar surface area (TPSA) is 23.6 Å². The molecule has 0 saturated carbocycles. The molecule has 0 radical (unpaired) electrons. The Bertz CT molecular complexity index is 386. The van der Waals surface area contributed by atoms with Crippen LogP contribution >= 0.6 is 0 Å². The van der Waals surface area contributed by atoms with Gasteiger partial charge >= 0.3 is 6.03 Å². The van der Waals surface area contributed by atoms with Crippen molar-refractivity contribution in [3.05, 3.63) is 35.4 Å². The van der Waals surface area contributed by atoms with Crippen LogP contribution in [0.3, 0.4) is 0 Å². The summed E-state index contributed by atoms with van der Waals surface area (Å²) in [7, 11) is 0. The third kappa shape index (κ3) is 2.78. The summed E-state index contributed by atoms with van der Waals surface area (Å²) in [4.78, 5) is 15.9. The average Bonchev–Trinajstić information content (AvgIpc) is 2.65. The fourth-order valence-corrected chi connectivity index (χ4v) is 2.17. The van der Waals surface area contributed by atoms with E-state index in [2.05, 4.69) is 38.1 Å². The first kappa shape index (κ1) is 12.0. The van der Waals surface area contributed by atoms with Crippen molar-refractivity contribution in [1.82, 2.24) is 9.80 Å². The molecule has 0 unspecified atom stereocenters. The van der Waals surface area contributed by atoms with E-state index in [1.807, 2.05) is 9.80 Å². The van der Waals surface area contributed by atoms with E-state index in [1.54, 1.807) is 0 Å². The summed E-state index contributed by atoms with van der Waals surface area (Å²) < 4.78 is 0. The summed E-state index contributed by atoms with van der Waals surface area (Å²) in [6.45, 7) is 7.53. The third-order valence-electron chi connectivity index (χ3n) is 3.17. The van der Waals surface area contributed by atoms with Crippen LogP contribution < -0.4 is 0 Å². The summed E-state index contributed by atoms with van der Waals surface area (Å²) in [5.41, 5.74) is 2.47. The zero-order valence-electron chi connectivity index (χ0n) is 10.6. The van der Waals surface area contributed by atoms with Crippen LogP contribution in [0.1, 0.15) is 24.5 Å². The number of urea groups is 1. The first-order valence-electron chi connectivity index (χ1n) is 6.30. The van der Waals surface area contributed by atoms with Gasteiger partial charge in [-0.2, -0.15) is 0 Å². The molecular weight excluding hydrogens is 212 g/mol. The Labute approximate surface area is 103 Å². The Morgan fingerprint density at radius 1 is 1.12 bits per heavy atom. The molecule has 0 N–H and O–H groups in total. The van der Waals surface area contributed by atoms with Gasteiger partial charge in [-0.15, -0.1) is 0 Å². The molecule has 1 saturated heterocycles. The molecular formula is C14H20N2O. The number of carbonyl (C=O) groups excluding carboxylic acids is 1. The second kappa shape index (κ2) is 5.21. The van der Waals surface area contributed by atoms with Gasteiger partial charge in [-0.05, 0) is 18.9 Å². The molecule has 0 aliphatic carbocycles. The van der Waals surface area contributed by atoms with Crippen molar-refractivity contribution in [3.63, 3.8) is 0 Å². The molecule has 0 spiro atoms. The average molecular weight is 232 g/mol. The number of hydrogen-bond donors (Lipinski definition) is 0. The second-order valence-electron chi connectivity index (χ2n) is 4.68. The predicted molar refractivity (Wildman–Crippen MR) is 68.8 cm³/mol. The molecule has 1 fully saturated rings. The van der Waals surface area contributed by atoms with Crippen LogP contribution in [-0.4, -0.2) is 35.5 Å². The molecule has 92 valence electrons. The van der Waals surface area contributed by atoms with Gasteiger partial charge in [0.25, 0.3) is 0 Å². The van der Waals surface area contributed by atoms with E-state index in [4.69, 9.17) is 0 Å². The summed E-state index contributed by atoms with van der Waals surface area (Å²) in [5, 5.41) is 0. The fraction of sp³-hybridized carbons (Fsp3) is 0.500. The Balaban J connectivity index is 1.96. The summed E-state index contributed by atoms with van der Waals surface area (Å²) in [6.07, 6.45) is 1.03. The monoisotopic (exact) mass is 232 g/mol. The van der Waals surface area contributed by atoms with Gasteiger partial charge in [-0.25, -0.2) is 4.79 Å². The van der Waals surface area contributed by atoms with Gasteiger partial charge in [0, 0.05) is 26.2 Å².